The summed E-state index contributed by atoms with van der Waals surface area (Å²) in [6.07, 6.45) is 0. The molecule has 0 unspecified atom stereocenters. The van der Waals surface area contributed by atoms with E-state index in [1.165, 1.54) is 0 Å². The van der Waals surface area contributed by atoms with Gasteiger partial charge in [-0.05, 0) is 0 Å². The van der Waals surface area contributed by atoms with E-state index in [-0.39, 0.29) is 107 Å². The second kappa shape index (κ2) is 101. The van der Waals surface area contributed by atoms with Crippen LogP contribution >= 0.6 is 0 Å². The predicted molar refractivity (Wildman–Crippen MR) is 0 cm³/mol. The largest absolute Gasteiger partial charge is 1.00 e. The molecule has 0 aromatic heterocycles. The summed E-state index contributed by atoms with van der Waals surface area (Å²) in [5.74, 6) is 0. The average Bonchev–Trinajstić information content (AvgIpc) is 0. The van der Waals surface area contributed by atoms with Crippen molar-refractivity contribution in [1.29, 1.82) is 0 Å². The first-order valence-electron chi connectivity index (χ1n) is 0. The molecule has 0 aromatic rings. The molecule has 0 N–H and O–H groups in total. The predicted octanol–water partition coefficient (Wildman–Crippen LogP) is -21.0. The maximum absolute atomic E-state index is 0. The second-order valence-electron chi connectivity index (χ2n) is 0. The molecule has 0 spiro atoms. The first-order chi connectivity index (χ1) is 0. The summed E-state index contributed by atoms with van der Waals surface area (Å²) >= 11 is 0. The summed E-state index contributed by atoms with van der Waals surface area (Å²) < 4.78 is 0. The van der Waals surface area contributed by atoms with Crippen LogP contribution in [0.3, 0.4) is 0 Å². The number of hydrogen-bond acceptors (Lipinski definition) is 0. The van der Waals surface area contributed by atoms with Crippen LogP contribution in [0.1, 0.15) is 0 Å². The van der Waals surface area contributed by atoms with Crippen LogP contribution in [0, 0.1) is 0 Å². The van der Waals surface area contributed by atoms with Crippen molar-refractivity contribution in [2.45, 2.75) is 0 Å². The molecular formula is Cl7Re-7. The van der Waals surface area contributed by atoms with Crippen molar-refractivity contribution in [2.75, 3.05) is 0 Å². The molecule has 0 amide bonds. The minimum absolute atomic E-state index is 0. The molecule has 63 valence electrons. The minimum atomic E-state index is 0. The van der Waals surface area contributed by atoms with E-state index in [1.807, 2.05) is 0 Å². The zero-order chi connectivity index (χ0) is 0. The zero-order valence-corrected chi connectivity index (χ0v) is 11.0. The van der Waals surface area contributed by atoms with Gasteiger partial charge in [-0.1, -0.05) is 0 Å². The standard InChI is InChI=1S/7ClH.Re/h7*1H;/p-7. The van der Waals surface area contributed by atoms with Crippen molar-refractivity contribution in [1.82, 2.24) is 0 Å². The molecule has 1 radical (unpaired) electrons. The summed E-state index contributed by atoms with van der Waals surface area (Å²) in [5, 5.41) is 0. The zero-order valence-electron chi connectivity index (χ0n) is 3.02. The van der Waals surface area contributed by atoms with Gasteiger partial charge in [0.1, 0.15) is 0 Å². The molecule has 8 heteroatoms. The molecular weight excluding hydrogens is 434 g/mol. The van der Waals surface area contributed by atoms with Crippen LogP contribution in [0.15, 0.2) is 0 Å². The van der Waals surface area contributed by atoms with Crippen LogP contribution in [-0.4, -0.2) is 0 Å². The van der Waals surface area contributed by atoms with E-state index in [2.05, 4.69) is 0 Å². The summed E-state index contributed by atoms with van der Waals surface area (Å²) in [5.41, 5.74) is 0. The van der Waals surface area contributed by atoms with Gasteiger partial charge in [-0.25, -0.2) is 0 Å². The van der Waals surface area contributed by atoms with Crippen LogP contribution in [0.5, 0.6) is 0 Å². The van der Waals surface area contributed by atoms with Crippen molar-refractivity contribution in [3.63, 3.8) is 0 Å². The Morgan fingerprint density at radius 1 is 0.250 bits per heavy atom. The molecule has 0 heterocycles. The third kappa shape index (κ3) is 71.0. The van der Waals surface area contributed by atoms with Gasteiger partial charge in [0.05, 0.1) is 0 Å². The van der Waals surface area contributed by atoms with Gasteiger partial charge >= 0.3 is 0 Å². The van der Waals surface area contributed by atoms with E-state index in [1.54, 1.807) is 0 Å². The SMILES string of the molecule is [Cl-].[Cl-].[Cl-].[Cl-].[Cl-].[Cl-].[Cl-].[Re]. The molecule has 0 rings (SSSR count). The number of rotatable bonds is 0. The summed E-state index contributed by atoms with van der Waals surface area (Å²) in [4.78, 5) is 0. The third-order valence-corrected chi connectivity index (χ3v) is 0. The van der Waals surface area contributed by atoms with Gasteiger partial charge < -0.3 is 86.8 Å². The molecule has 0 saturated heterocycles. The molecule has 0 aliphatic heterocycles. The van der Waals surface area contributed by atoms with Crippen LogP contribution in [0.25, 0.3) is 0 Å². The van der Waals surface area contributed by atoms with Gasteiger partial charge in [0.25, 0.3) is 0 Å². The fraction of sp³-hybridized carbons (Fsp3) is 0. The van der Waals surface area contributed by atoms with Crippen molar-refractivity contribution in [2.24, 2.45) is 0 Å². The third-order valence-electron chi connectivity index (χ3n) is 0. The van der Waals surface area contributed by atoms with Crippen molar-refractivity contribution in [3.05, 3.63) is 0 Å². The van der Waals surface area contributed by atoms with Crippen LogP contribution < -0.4 is 86.8 Å². The topological polar surface area (TPSA) is 0 Å². The molecule has 0 fully saturated rings. The van der Waals surface area contributed by atoms with E-state index in [4.69, 9.17) is 0 Å². The molecule has 0 aliphatic rings. The van der Waals surface area contributed by atoms with Gasteiger partial charge in [-0.15, -0.1) is 0 Å². The summed E-state index contributed by atoms with van der Waals surface area (Å²) in [6.45, 7) is 0. The van der Waals surface area contributed by atoms with Crippen LogP contribution in [0.4, 0.5) is 0 Å². The molecule has 0 nitrogen and oxygen atoms in total. The molecule has 0 bridgehead atoms. The first kappa shape index (κ1) is 139. The monoisotopic (exact) mass is 432 g/mol. The van der Waals surface area contributed by atoms with E-state index in [0.29, 0.717) is 0 Å². The van der Waals surface area contributed by atoms with E-state index in [0.717, 1.165) is 0 Å². The summed E-state index contributed by atoms with van der Waals surface area (Å²) in [7, 11) is 0. The van der Waals surface area contributed by atoms with Crippen molar-refractivity contribution >= 4 is 0 Å². The molecule has 0 atom stereocenters. The van der Waals surface area contributed by atoms with Gasteiger partial charge in [0.15, 0.2) is 0 Å². The van der Waals surface area contributed by atoms with Crippen LogP contribution in [0.2, 0.25) is 0 Å². The Morgan fingerprint density at radius 2 is 0.250 bits per heavy atom. The Kier molecular flexibility index (Phi) is 1750. The normalized spacial score (nSPS) is 0. The van der Waals surface area contributed by atoms with Crippen LogP contribution in [-0.2, 0) is 20.4 Å². The molecule has 0 aromatic carbocycles. The van der Waals surface area contributed by atoms with Gasteiger partial charge in [-0.2, -0.15) is 0 Å². The number of halogens is 7. The molecule has 8 heavy (non-hydrogen) atoms. The number of hydrogen-bond donors (Lipinski definition) is 0. The van der Waals surface area contributed by atoms with Gasteiger partial charge in [-0.3, -0.25) is 0 Å². The minimum Gasteiger partial charge on any atom is -1.00 e. The van der Waals surface area contributed by atoms with E-state index in [9.17, 15) is 0 Å². The Labute approximate surface area is 106 Å². The Bertz CT molecular complexity index is 4.35. The molecule has 0 aliphatic carbocycles. The molecule has 0 saturated carbocycles. The maximum atomic E-state index is 0. The Balaban J connectivity index is 0. The first-order valence-corrected chi connectivity index (χ1v) is 0. The summed E-state index contributed by atoms with van der Waals surface area (Å²) in [6, 6.07) is 0. The Morgan fingerprint density at radius 3 is 0.250 bits per heavy atom. The fourth-order valence-electron chi connectivity index (χ4n) is 0. The van der Waals surface area contributed by atoms with Crippen molar-refractivity contribution < 1.29 is 107 Å². The quantitative estimate of drug-likeness (QED) is 0.356. The Hall–Kier alpha value is 2.69. The van der Waals surface area contributed by atoms with E-state index >= 15 is 0 Å². The van der Waals surface area contributed by atoms with Gasteiger partial charge in [0.2, 0.25) is 0 Å². The average molecular weight is 434 g/mol. The van der Waals surface area contributed by atoms with Gasteiger partial charge in [0, 0.05) is 20.4 Å². The van der Waals surface area contributed by atoms with E-state index < -0.39 is 0 Å². The smallest absolute Gasteiger partial charge is 0 e. The maximum Gasteiger partial charge on any atom is 0 e. The second-order valence-corrected chi connectivity index (χ2v) is 0. The van der Waals surface area contributed by atoms with Crippen molar-refractivity contribution in [3.8, 4) is 0 Å². The fourth-order valence-corrected chi connectivity index (χ4v) is 0.